The maximum Gasteiger partial charge on any atom is 0.271 e. The van der Waals surface area contributed by atoms with Crippen molar-refractivity contribution in [1.29, 1.82) is 0 Å². The van der Waals surface area contributed by atoms with Gasteiger partial charge >= 0.3 is 0 Å². The third kappa shape index (κ3) is 3.00. The van der Waals surface area contributed by atoms with E-state index >= 15 is 0 Å². The van der Waals surface area contributed by atoms with Gasteiger partial charge in [0, 0.05) is 18.8 Å². The molecule has 0 saturated heterocycles. The molecule has 0 fully saturated rings. The first-order valence-corrected chi connectivity index (χ1v) is 9.12. The van der Waals surface area contributed by atoms with E-state index in [0.29, 0.717) is 12.3 Å². The molecule has 0 spiro atoms. The van der Waals surface area contributed by atoms with E-state index < -0.39 is 0 Å². The molecule has 0 saturated carbocycles. The van der Waals surface area contributed by atoms with Crippen molar-refractivity contribution in [2.75, 3.05) is 18.2 Å². The predicted molar refractivity (Wildman–Crippen MR) is 103 cm³/mol. The van der Waals surface area contributed by atoms with Gasteiger partial charge in [0.1, 0.15) is 5.69 Å². The number of amides is 1. The number of para-hydroxylation sites is 1. The summed E-state index contributed by atoms with van der Waals surface area (Å²) >= 11 is 0. The van der Waals surface area contributed by atoms with Crippen LogP contribution in [0.1, 0.15) is 21.6 Å². The normalized spacial score (nSPS) is 14.1. The summed E-state index contributed by atoms with van der Waals surface area (Å²) in [6, 6.07) is 13.9. The molecule has 7 heteroatoms. The zero-order valence-corrected chi connectivity index (χ0v) is 15.1. The fourth-order valence-corrected chi connectivity index (χ4v) is 3.48. The molecule has 1 N–H and O–H groups in total. The third-order valence-corrected chi connectivity index (χ3v) is 4.92. The second-order valence-corrected chi connectivity index (χ2v) is 6.66. The Hall–Kier alpha value is -3.61. The Labute approximate surface area is 161 Å². The maximum atomic E-state index is 12.4. The molecule has 2 aliphatic rings. The largest absolute Gasteiger partial charge is 0.454 e. The van der Waals surface area contributed by atoms with Gasteiger partial charge in [0.25, 0.3) is 5.91 Å². The van der Waals surface area contributed by atoms with E-state index in [9.17, 15) is 4.79 Å². The molecule has 0 unspecified atom stereocenters. The van der Waals surface area contributed by atoms with E-state index in [1.807, 2.05) is 30.3 Å². The molecule has 7 nitrogen and oxygen atoms in total. The fourth-order valence-electron chi connectivity index (χ4n) is 3.48. The average Bonchev–Trinajstić information content (AvgIpc) is 3.38. The molecule has 28 heavy (non-hydrogen) atoms. The number of carbonyl (C=O) groups excluding carboxylic acids is 1. The summed E-state index contributed by atoms with van der Waals surface area (Å²) in [7, 11) is 0. The highest BCUT2D eigenvalue weighted by Gasteiger charge is 2.21. The lowest BCUT2D eigenvalue weighted by molar-refractivity contribution is 0.0945. The Morgan fingerprint density at radius 2 is 1.96 bits per heavy atom. The van der Waals surface area contributed by atoms with Gasteiger partial charge in [-0.2, -0.15) is 0 Å². The summed E-state index contributed by atoms with van der Waals surface area (Å²) in [6.07, 6.45) is 4.15. The average molecular weight is 374 g/mol. The number of rotatable bonds is 4. The molecule has 2 aromatic carbocycles. The van der Waals surface area contributed by atoms with Gasteiger partial charge in [0.05, 0.1) is 12.4 Å². The van der Waals surface area contributed by atoms with Crippen molar-refractivity contribution in [2.45, 2.75) is 13.0 Å². The van der Waals surface area contributed by atoms with Crippen LogP contribution in [0.3, 0.4) is 0 Å². The van der Waals surface area contributed by atoms with Crippen LogP contribution in [0, 0.1) is 0 Å². The van der Waals surface area contributed by atoms with Crippen LogP contribution in [0.5, 0.6) is 11.5 Å². The van der Waals surface area contributed by atoms with Crippen LogP contribution >= 0.6 is 0 Å². The SMILES string of the molecule is O=C(NCc1ccc2c(c1)OCO2)c1cnc(N2CCc3ccccc32)cn1. The van der Waals surface area contributed by atoms with Crippen LogP contribution in [0.25, 0.3) is 0 Å². The van der Waals surface area contributed by atoms with Crippen molar-refractivity contribution < 1.29 is 14.3 Å². The minimum Gasteiger partial charge on any atom is -0.454 e. The van der Waals surface area contributed by atoms with Crippen LogP contribution in [-0.2, 0) is 13.0 Å². The van der Waals surface area contributed by atoms with E-state index in [2.05, 4.69) is 32.3 Å². The van der Waals surface area contributed by atoms with Crippen molar-refractivity contribution >= 4 is 17.4 Å². The number of nitrogens with zero attached hydrogens (tertiary/aromatic N) is 3. The quantitative estimate of drug-likeness (QED) is 0.757. The summed E-state index contributed by atoms with van der Waals surface area (Å²) in [5.74, 6) is 1.90. The molecule has 3 aromatic rings. The van der Waals surface area contributed by atoms with Gasteiger partial charge in [-0.1, -0.05) is 24.3 Å². The third-order valence-electron chi connectivity index (χ3n) is 4.92. The molecule has 2 aliphatic heterocycles. The van der Waals surface area contributed by atoms with Gasteiger partial charge in [0.15, 0.2) is 17.3 Å². The highest BCUT2D eigenvalue weighted by atomic mass is 16.7. The Kier molecular flexibility index (Phi) is 4.05. The lowest BCUT2D eigenvalue weighted by Crippen LogP contribution is -2.24. The first-order valence-electron chi connectivity index (χ1n) is 9.12. The van der Waals surface area contributed by atoms with Gasteiger partial charge in [-0.25, -0.2) is 9.97 Å². The van der Waals surface area contributed by atoms with Crippen molar-refractivity contribution in [3.05, 3.63) is 71.7 Å². The van der Waals surface area contributed by atoms with Crippen LogP contribution in [-0.4, -0.2) is 29.2 Å². The number of hydrogen-bond acceptors (Lipinski definition) is 6. The van der Waals surface area contributed by atoms with Crippen molar-refractivity contribution in [3.63, 3.8) is 0 Å². The number of carbonyl (C=O) groups is 1. The predicted octanol–water partition coefficient (Wildman–Crippen LogP) is 2.83. The lowest BCUT2D eigenvalue weighted by atomic mass is 10.2. The summed E-state index contributed by atoms with van der Waals surface area (Å²) in [5, 5.41) is 2.86. The molecule has 140 valence electrons. The van der Waals surface area contributed by atoms with Gasteiger partial charge < -0.3 is 19.7 Å². The molecule has 5 rings (SSSR count). The second-order valence-electron chi connectivity index (χ2n) is 6.66. The summed E-state index contributed by atoms with van der Waals surface area (Å²) < 4.78 is 10.6. The van der Waals surface area contributed by atoms with Crippen LogP contribution in [0.15, 0.2) is 54.9 Å². The first kappa shape index (κ1) is 16.6. The standard InChI is InChI=1S/C21H18N4O3/c26-21(24-10-14-5-6-18-19(9-14)28-13-27-18)16-11-23-20(12-22-16)25-8-7-15-3-1-2-4-17(15)25/h1-6,9,11-12H,7-8,10,13H2,(H,24,26). The van der Waals surface area contributed by atoms with Crippen LogP contribution < -0.4 is 19.7 Å². The maximum absolute atomic E-state index is 12.4. The molecule has 1 aromatic heterocycles. The lowest BCUT2D eigenvalue weighted by Gasteiger charge is -2.17. The summed E-state index contributed by atoms with van der Waals surface area (Å²) in [4.78, 5) is 23.3. The minimum absolute atomic E-state index is 0.231. The van der Waals surface area contributed by atoms with Crippen molar-refractivity contribution in [1.82, 2.24) is 15.3 Å². The Morgan fingerprint density at radius 3 is 2.86 bits per heavy atom. The monoisotopic (exact) mass is 374 g/mol. The summed E-state index contributed by atoms with van der Waals surface area (Å²) in [6.45, 7) is 1.47. The van der Waals surface area contributed by atoms with Gasteiger partial charge in [-0.05, 0) is 35.7 Å². The van der Waals surface area contributed by atoms with Crippen molar-refractivity contribution in [2.24, 2.45) is 0 Å². The number of ether oxygens (including phenoxy) is 2. The Bertz CT molecular complexity index is 1040. The molecule has 0 aliphatic carbocycles. The smallest absolute Gasteiger partial charge is 0.271 e. The molecule has 0 bridgehead atoms. The molecule has 0 radical (unpaired) electrons. The highest BCUT2D eigenvalue weighted by molar-refractivity contribution is 5.92. The number of fused-ring (bicyclic) bond motifs is 2. The minimum atomic E-state index is -0.265. The van der Waals surface area contributed by atoms with Gasteiger partial charge in [-0.15, -0.1) is 0 Å². The Morgan fingerprint density at radius 1 is 1.07 bits per heavy atom. The number of anilines is 2. The van der Waals surface area contributed by atoms with Gasteiger partial charge in [-0.3, -0.25) is 4.79 Å². The first-order chi connectivity index (χ1) is 13.8. The number of benzene rings is 2. The summed E-state index contributed by atoms with van der Waals surface area (Å²) in [5.41, 5.74) is 3.67. The number of hydrogen-bond donors (Lipinski definition) is 1. The molecular formula is C21H18N4O3. The number of nitrogens with one attached hydrogen (secondary N) is 1. The molecule has 3 heterocycles. The zero-order valence-electron chi connectivity index (χ0n) is 15.1. The topological polar surface area (TPSA) is 76.6 Å². The highest BCUT2D eigenvalue weighted by Crippen LogP contribution is 2.33. The zero-order chi connectivity index (χ0) is 18.9. The Balaban J connectivity index is 1.25. The van der Waals surface area contributed by atoms with Crippen LogP contribution in [0.2, 0.25) is 0 Å². The van der Waals surface area contributed by atoms with E-state index in [4.69, 9.17) is 9.47 Å². The van der Waals surface area contributed by atoms with E-state index in [-0.39, 0.29) is 18.4 Å². The van der Waals surface area contributed by atoms with E-state index in [0.717, 1.165) is 35.8 Å². The fraction of sp³-hybridized carbons (Fsp3) is 0.190. The second kappa shape index (κ2) is 6.84. The van der Waals surface area contributed by atoms with Crippen LogP contribution in [0.4, 0.5) is 11.5 Å². The van der Waals surface area contributed by atoms with E-state index in [1.165, 1.54) is 11.8 Å². The van der Waals surface area contributed by atoms with Gasteiger partial charge in [0.2, 0.25) is 6.79 Å². The van der Waals surface area contributed by atoms with Crippen molar-refractivity contribution in [3.8, 4) is 11.5 Å². The number of aromatic nitrogens is 2. The molecule has 1 amide bonds. The van der Waals surface area contributed by atoms with E-state index in [1.54, 1.807) is 6.20 Å². The molecule has 0 atom stereocenters. The molecular weight excluding hydrogens is 356 g/mol.